The topological polar surface area (TPSA) is 72.5 Å². The van der Waals surface area contributed by atoms with Crippen molar-refractivity contribution in [3.63, 3.8) is 0 Å². The van der Waals surface area contributed by atoms with Gasteiger partial charge in [-0.25, -0.2) is 13.2 Å². The number of esters is 1. The van der Waals surface area contributed by atoms with Crippen LogP contribution in [0.1, 0.15) is 30.9 Å². The molecule has 0 saturated carbocycles. The summed E-state index contributed by atoms with van der Waals surface area (Å²) in [4.78, 5) is 11.5. The zero-order valence-electron chi connectivity index (χ0n) is 14.4. The monoisotopic (exact) mass is 359 g/mol. The molecule has 0 aliphatic heterocycles. The average molecular weight is 359 g/mol. The Labute approximate surface area is 148 Å². The lowest BCUT2D eigenvalue weighted by Crippen LogP contribution is -2.13. The normalized spacial score (nSPS) is 11.7. The van der Waals surface area contributed by atoms with Crippen molar-refractivity contribution < 1.29 is 17.9 Å². The van der Waals surface area contributed by atoms with Crippen molar-refractivity contribution >= 4 is 27.8 Å². The van der Waals surface area contributed by atoms with Crippen LogP contribution in [0.3, 0.4) is 0 Å². The number of benzene rings is 2. The van der Waals surface area contributed by atoms with Crippen molar-refractivity contribution in [2.45, 2.75) is 24.7 Å². The molecule has 2 aromatic rings. The fourth-order valence-corrected chi connectivity index (χ4v) is 3.31. The SMILES string of the molecule is COC(=O)/C=C/c1cc(C(C)C)ccc1NS(=O)(=O)c1ccccc1. The third kappa shape index (κ3) is 4.93. The molecule has 0 heterocycles. The van der Waals surface area contributed by atoms with E-state index in [-0.39, 0.29) is 10.8 Å². The Kier molecular flexibility index (Phi) is 5.98. The van der Waals surface area contributed by atoms with E-state index in [9.17, 15) is 13.2 Å². The molecule has 0 saturated heterocycles. The Morgan fingerprint density at radius 1 is 1.12 bits per heavy atom. The van der Waals surface area contributed by atoms with Crippen LogP contribution in [0.2, 0.25) is 0 Å². The quantitative estimate of drug-likeness (QED) is 0.629. The van der Waals surface area contributed by atoms with Gasteiger partial charge in [0, 0.05) is 6.08 Å². The van der Waals surface area contributed by atoms with Crippen LogP contribution < -0.4 is 4.72 Å². The number of carbonyl (C=O) groups excluding carboxylic acids is 1. The second-order valence-corrected chi connectivity index (χ2v) is 7.46. The number of sulfonamides is 1. The Hall–Kier alpha value is -2.60. The van der Waals surface area contributed by atoms with Crippen molar-refractivity contribution in [2.75, 3.05) is 11.8 Å². The third-order valence-corrected chi connectivity index (χ3v) is 5.02. The van der Waals surface area contributed by atoms with E-state index in [1.807, 2.05) is 26.0 Å². The van der Waals surface area contributed by atoms with E-state index in [2.05, 4.69) is 9.46 Å². The predicted octanol–water partition coefficient (Wildman–Crippen LogP) is 3.80. The first-order valence-electron chi connectivity index (χ1n) is 7.81. The molecule has 0 atom stereocenters. The summed E-state index contributed by atoms with van der Waals surface area (Å²) in [5.41, 5.74) is 2.02. The first-order chi connectivity index (χ1) is 11.8. The van der Waals surface area contributed by atoms with Crippen molar-refractivity contribution in [3.05, 3.63) is 65.7 Å². The summed E-state index contributed by atoms with van der Waals surface area (Å²) in [6.45, 7) is 4.08. The Morgan fingerprint density at radius 2 is 1.80 bits per heavy atom. The van der Waals surface area contributed by atoms with Crippen molar-refractivity contribution in [1.82, 2.24) is 0 Å². The highest BCUT2D eigenvalue weighted by Crippen LogP contribution is 2.26. The van der Waals surface area contributed by atoms with Crippen LogP contribution in [0.25, 0.3) is 6.08 Å². The summed E-state index contributed by atoms with van der Waals surface area (Å²) in [5.74, 6) is -0.239. The van der Waals surface area contributed by atoms with E-state index in [1.54, 1.807) is 30.3 Å². The van der Waals surface area contributed by atoms with Crippen LogP contribution in [0.15, 0.2) is 59.5 Å². The molecule has 132 valence electrons. The molecule has 2 aromatic carbocycles. The third-order valence-electron chi connectivity index (χ3n) is 3.64. The van der Waals surface area contributed by atoms with Crippen LogP contribution in [0.5, 0.6) is 0 Å². The lowest BCUT2D eigenvalue weighted by atomic mass is 9.99. The number of rotatable bonds is 6. The summed E-state index contributed by atoms with van der Waals surface area (Å²) < 4.78 is 32.3. The van der Waals surface area contributed by atoms with Gasteiger partial charge in [0.05, 0.1) is 17.7 Å². The van der Waals surface area contributed by atoms with Gasteiger partial charge in [0.1, 0.15) is 0 Å². The van der Waals surface area contributed by atoms with E-state index >= 15 is 0 Å². The van der Waals surface area contributed by atoms with Crippen LogP contribution in [0, 0.1) is 0 Å². The maximum atomic E-state index is 12.5. The van der Waals surface area contributed by atoms with Gasteiger partial charge in [-0.3, -0.25) is 4.72 Å². The molecule has 1 N–H and O–H groups in total. The summed E-state index contributed by atoms with van der Waals surface area (Å²) in [6.07, 6.45) is 2.81. The number of anilines is 1. The smallest absolute Gasteiger partial charge is 0.330 e. The van der Waals surface area contributed by atoms with Gasteiger partial charge >= 0.3 is 5.97 Å². The molecular formula is C19H21NO4S. The molecule has 0 unspecified atom stereocenters. The van der Waals surface area contributed by atoms with Gasteiger partial charge in [-0.1, -0.05) is 38.1 Å². The molecule has 2 rings (SSSR count). The minimum absolute atomic E-state index is 0.172. The minimum Gasteiger partial charge on any atom is -0.466 e. The molecular weight excluding hydrogens is 338 g/mol. The highest BCUT2D eigenvalue weighted by Gasteiger charge is 2.15. The first kappa shape index (κ1) is 18.7. The van der Waals surface area contributed by atoms with Crippen LogP contribution in [-0.4, -0.2) is 21.5 Å². The van der Waals surface area contributed by atoms with Gasteiger partial charge in [0.15, 0.2) is 0 Å². The zero-order valence-corrected chi connectivity index (χ0v) is 15.2. The van der Waals surface area contributed by atoms with Crippen molar-refractivity contribution in [2.24, 2.45) is 0 Å². The second-order valence-electron chi connectivity index (χ2n) is 5.78. The lowest BCUT2D eigenvalue weighted by Gasteiger charge is -2.14. The second kappa shape index (κ2) is 7.98. The number of ether oxygens (including phenoxy) is 1. The van der Waals surface area contributed by atoms with E-state index in [1.165, 1.54) is 25.3 Å². The van der Waals surface area contributed by atoms with E-state index < -0.39 is 16.0 Å². The molecule has 0 radical (unpaired) electrons. The Bertz CT molecular complexity index is 872. The van der Waals surface area contributed by atoms with Crippen LogP contribution >= 0.6 is 0 Å². The molecule has 6 heteroatoms. The summed E-state index contributed by atoms with van der Waals surface area (Å²) >= 11 is 0. The molecule has 0 bridgehead atoms. The van der Waals surface area contributed by atoms with Crippen molar-refractivity contribution in [1.29, 1.82) is 0 Å². The molecule has 0 aromatic heterocycles. The molecule has 5 nitrogen and oxygen atoms in total. The van der Waals surface area contributed by atoms with Crippen LogP contribution in [-0.2, 0) is 19.6 Å². The lowest BCUT2D eigenvalue weighted by molar-refractivity contribution is -0.134. The Balaban J connectivity index is 2.42. The first-order valence-corrected chi connectivity index (χ1v) is 9.29. The predicted molar refractivity (Wildman–Crippen MR) is 98.8 cm³/mol. The number of hydrogen-bond acceptors (Lipinski definition) is 4. The largest absolute Gasteiger partial charge is 0.466 e. The Morgan fingerprint density at radius 3 is 2.40 bits per heavy atom. The number of methoxy groups -OCH3 is 1. The number of nitrogens with one attached hydrogen (secondary N) is 1. The minimum atomic E-state index is -3.71. The maximum absolute atomic E-state index is 12.5. The summed E-state index contributed by atoms with van der Waals surface area (Å²) in [5, 5.41) is 0. The molecule has 0 fully saturated rings. The fourth-order valence-electron chi connectivity index (χ4n) is 2.20. The van der Waals surface area contributed by atoms with Crippen LogP contribution in [0.4, 0.5) is 5.69 Å². The molecule has 0 aliphatic rings. The average Bonchev–Trinajstić information content (AvgIpc) is 2.60. The van der Waals surface area contributed by atoms with E-state index in [0.29, 0.717) is 11.3 Å². The molecule has 0 amide bonds. The van der Waals surface area contributed by atoms with E-state index in [4.69, 9.17) is 0 Å². The summed E-state index contributed by atoms with van der Waals surface area (Å²) in [6, 6.07) is 13.5. The van der Waals surface area contributed by atoms with Gasteiger partial charge in [0.25, 0.3) is 10.0 Å². The van der Waals surface area contributed by atoms with Gasteiger partial charge in [0.2, 0.25) is 0 Å². The van der Waals surface area contributed by atoms with Gasteiger partial charge in [-0.15, -0.1) is 0 Å². The molecule has 0 aliphatic carbocycles. The highest BCUT2D eigenvalue weighted by atomic mass is 32.2. The van der Waals surface area contributed by atoms with Gasteiger partial charge in [-0.05, 0) is 47.4 Å². The zero-order chi connectivity index (χ0) is 18.4. The molecule has 25 heavy (non-hydrogen) atoms. The fraction of sp³-hybridized carbons (Fsp3) is 0.211. The van der Waals surface area contributed by atoms with E-state index in [0.717, 1.165) is 5.56 Å². The van der Waals surface area contributed by atoms with Crippen molar-refractivity contribution in [3.8, 4) is 0 Å². The number of hydrogen-bond donors (Lipinski definition) is 1. The van der Waals surface area contributed by atoms with Gasteiger partial charge < -0.3 is 4.74 Å². The molecule has 0 spiro atoms. The summed E-state index contributed by atoms with van der Waals surface area (Å²) in [7, 11) is -2.43. The van der Waals surface area contributed by atoms with Gasteiger partial charge in [-0.2, -0.15) is 0 Å². The maximum Gasteiger partial charge on any atom is 0.330 e. The standard InChI is InChI=1S/C19H21NO4S/c1-14(2)15-9-11-18(16(13-15)10-12-19(21)24-3)20-25(22,23)17-7-5-4-6-8-17/h4-14,20H,1-3H3/b12-10+. The number of carbonyl (C=O) groups is 1. The highest BCUT2D eigenvalue weighted by molar-refractivity contribution is 7.92.